The van der Waals surface area contributed by atoms with Crippen LogP contribution in [0.3, 0.4) is 0 Å². The smallest absolute Gasteiger partial charge is 0.292 e. The van der Waals surface area contributed by atoms with Gasteiger partial charge in [0.15, 0.2) is 6.04 Å². The van der Waals surface area contributed by atoms with Gasteiger partial charge < -0.3 is 14.5 Å². The summed E-state index contributed by atoms with van der Waals surface area (Å²) in [6.45, 7) is 5.46. The third-order valence-corrected chi connectivity index (χ3v) is 5.62. The van der Waals surface area contributed by atoms with Gasteiger partial charge in [0.05, 0.1) is 44.9 Å². The minimum Gasteiger partial charge on any atom is -0.494 e. The molecule has 4 rings (SSSR count). The van der Waals surface area contributed by atoms with E-state index in [0.717, 1.165) is 36.8 Å². The maximum Gasteiger partial charge on any atom is 0.292 e. The highest BCUT2D eigenvalue weighted by atomic mass is 19.1. The maximum absolute atomic E-state index is 13.1. The van der Waals surface area contributed by atoms with Crippen LogP contribution in [0.25, 0.3) is 0 Å². The number of anilines is 2. The van der Waals surface area contributed by atoms with Gasteiger partial charge in [0.1, 0.15) is 11.6 Å². The van der Waals surface area contributed by atoms with Gasteiger partial charge in [0.2, 0.25) is 5.91 Å². The van der Waals surface area contributed by atoms with E-state index in [-0.39, 0.29) is 30.1 Å². The highest BCUT2D eigenvalue weighted by molar-refractivity contribution is 6.21. The molecule has 0 bridgehead atoms. The van der Waals surface area contributed by atoms with Crippen LogP contribution in [0.2, 0.25) is 0 Å². The summed E-state index contributed by atoms with van der Waals surface area (Å²) in [6.07, 6.45) is 0.226. The molecular weight excluding hydrogens is 373 g/mol. The van der Waals surface area contributed by atoms with Crippen molar-refractivity contribution in [1.82, 2.24) is 0 Å². The average molecular weight is 398 g/mol. The van der Waals surface area contributed by atoms with Crippen molar-refractivity contribution in [2.24, 2.45) is 0 Å². The van der Waals surface area contributed by atoms with Crippen LogP contribution in [-0.2, 0) is 9.59 Å². The van der Waals surface area contributed by atoms with Gasteiger partial charge in [0.25, 0.3) is 5.91 Å². The molecule has 2 aromatic rings. The Labute approximate surface area is 169 Å². The Balaban J connectivity index is 1.43. The largest absolute Gasteiger partial charge is 0.494 e. The number of imide groups is 1. The van der Waals surface area contributed by atoms with E-state index >= 15 is 0 Å². The number of hydrogen-bond acceptors (Lipinski definition) is 4. The number of rotatable bonds is 5. The molecule has 7 heteroatoms. The highest BCUT2D eigenvalue weighted by Gasteiger charge is 2.46. The van der Waals surface area contributed by atoms with Crippen molar-refractivity contribution in [3.8, 4) is 5.75 Å². The summed E-state index contributed by atoms with van der Waals surface area (Å²) in [5.41, 5.74) is 1.55. The lowest BCUT2D eigenvalue weighted by Gasteiger charge is -2.35. The maximum atomic E-state index is 13.1. The van der Waals surface area contributed by atoms with Gasteiger partial charge in [0, 0.05) is 11.8 Å². The number of piperazine rings is 1. The molecule has 0 spiro atoms. The van der Waals surface area contributed by atoms with Crippen LogP contribution in [0.1, 0.15) is 13.3 Å². The van der Waals surface area contributed by atoms with Gasteiger partial charge in [-0.25, -0.2) is 9.29 Å². The first-order valence-corrected chi connectivity index (χ1v) is 10.0. The number of quaternary nitrogens is 1. The minimum atomic E-state index is -0.353. The fourth-order valence-electron chi connectivity index (χ4n) is 4.15. The van der Waals surface area contributed by atoms with Gasteiger partial charge >= 0.3 is 0 Å². The number of halogens is 1. The summed E-state index contributed by atoms with van der Waals surface area (Å²) < 4.78 is 18.6. The molecule has 2 aliphatic rings. The van der Waals surface area contributed by atoms with Crippen molar-refractivity contribution in [3.63, 3.8) is 0 Å². The van der Waals surface area contributed by atoms with Crippen molar-refractivity contribution in [2.45, 2.75) is 19.4 Å². The Morgan fingerprint density at radius 2 is 1.79 bits per heavy atom. The van der Waals surface area contributed by atoms with Crippen LogP contribution < -0.4 is 19.4 Å². The van der Waals surface area contributed by atoms with Crippen LogP contribution >= 0.6 is 0 Å². The van der Waals surface area contributed by atoms with Crippen molar-refractivity contribution in [1.29, 1.82) is 0 Å². The molecule has 29 heavy (non-hydrogen) atoms. The third-order valence-electron chi connectivity index (χ3n) is 5.62. The molecule has 0 aromatic heterocycles. The number of benzene rings is 2. The number of carbonyl (C=O) groups is 2. The molecular formula is C22H25FN3O3+. The number of hydrogen-bond donors (Lipinski definition) is 1. The quantitative estimate of drug-likeness (QED) is 0.771. The monoisotopic (exact) mass is 398 g/mol. The summed E-state index contributed by atoms with van der Waals surface area (Å²) >= 11 is 0. The number of amides is 2. The zero-order valence-corrected chi connectivity index (χ0v) is 16.4. The molecule has 0 saturated carbocycles. The summed E-state index contributed by atoms with van der Waals surface area (Å²) in [7, 11) is 0. The molecule has 0 aliphatic carbocycles. The molecule has 2 saturated heterocycles. The van der Waals surface area contributed by atoms with Gasteiger partial charge in [-0.05, 0) is 43.3 Å². The van der Waals surface area contributed by atoms with E-state index in [9.17, 15) is 14.0 Å². The van der Waals surface area contributed by atoms with Gasteiger partial charge in [-0.3, -0.25) is 9.59 Å². The normalized spacial score (nSPS) is 20.4. The topological polar surface area (TPSA) is 54.3 Å². The van der Waals surface area contributed by atoms with Crippen molar-refractivity contribution in [2.75, 3.05) is 42.6 Å². The van der Waals surface area contributed by atoms with E-state index in [1.54, 1.807) is 30.3 Å². The fraction of sp³-hybridized carbons (Fsp3) is 0.364. The van der Waals surface area contributed by atoms with E-state index in [1.165, 1.54) is 17.0 Å². The summed E-state index contributed by atoms with van der Waals surface area (Å²) in [6, 6.07) is 13.2. The van der Waals surface area contributed by atoms with Gasteiger partial charge in [-0.2, -0.15) is 0 Å². The standard InChI is InChI=1S/C22H24FN3O3/c1-2-29-19-5-3-4-18(14-19)26-21(27)15-20(22(26)28)25-12-10-24(11-13-25)17-8-6-16(23)7-9-17/h3-9,14,20H,2,10-13,15H2,1H3/p+1/t20-/m1/s1. The Morgan fingerprint density at radius 1 is 1.07 bits per heavy atom. The molecule has 0 radical (unpaired) electrons. The van der Waals surface area contributed by atoms with Crippen LogP contribution in [0.5, 0.6) is 5.75 Å². The number of nitrogens with one attached hydrogen (secondary N) is 1. The Hall–Kier alpha value is -2.93. The molecule has 152 valence electrons. The molecule has 1 atom stereocenters. The first-order chi connectivity index (χ1) is 14.1. The van der Waals surface area contributed by atoms with Crippen LogP contribution in [0.4, 0.5) is 15.8 Å². The average Bonchev–Trinajstić information content (AvgIpc) is 3.03. The number of ether oxygens (including phenoxy) is 1. The van der Waals surface area contributed by atoms with E-state index in [0.29, 0.717) is 18.0 Å². The molecule has 0 unspecified atom stereocenters. The molecule has 2 amide bonds. The fourth-order valence-corrected chi connectivity index (χ4v) is 4.15. The zero-order valence-electron chi connectivity index (χ0n) is 16.4. The highest BCUT2D eigenvalue weighted by Crippen LogP contribution is 2.26. The van der Waals surface area contributed by atoms with Gasteiger partial charge in [-0.1, -0.05) is 6.07 Å². The second-order valence-electron chi connectivity index (χ2n) is 7.38. The molecule has 2 aromatic carbocycles. The van der Waals surface area contributed by atoms with E-state index in [4.69, 9.17) is 4.74 Å². The Kier molecular flexibility index (Phi) is 5.49. The van der Waals surface area contributed by atoms with E-state index in [1.807, 2.05) is 13.0 Å². The first-order valence-electron chi connectivity index (χ1n) is 10.0. The van der Waals surface area contributed by atoms with Crippen LogP contribution in [0, 0.1) is 5.82 Å². The predicted molar refractivity (Wildman–Crippen MR) is 108 cm³/mol. The lowest BCUT2D eigenvalue weighted by molar-refractivity contribution is -0.915. The van der Waals surface area contributed by atoms with Crippen LogP contribution in [-0.4, -0.2) is 50.6 Å². The van der Waals surface area contributed by atoms with E-state index in [2.05, 4.69) is 4.90 Å². The predicted octanol–water partition coefficient (Wildman–Crippen LogP) is 1.26. The molecule has 1 N–H and O–H groups in total. The minimum absolute atomic E-state index is 0.145. The van der Waals surface area contributed by atoms with Gasteiger partial charge in [-0.15, -0.1) is 0 Å². The molecule has 6 nitrogen and oxygen atoms in total. The van der Waals surface area contributed by atoms with Crippen molar-refractivity contribution >= 4 is 23.2 Å². The molecule has 2 fully saturated rings. The van der Waals surface area contributed by atoms with Crippen molar-refractivity contribution in [3.05, 3.63) is 54.3 Å². The second kappa shape index (κ2) is 8.21. The Morgan fingerprint density at radius 3 is 2.48 bits per heavy atom. The third kappa shape index (κ3) is 3.96. The first kappa shape index (κ1) is 19.4. The number of carbonyl (C=O) groups excluding carboxylic acids is 2. The lowest BCUT2D eigenvalue weighted by Crippen LogP contribution is -3.19. The van der Waals surface area contributed by atoms with Crippen molar-refractivity contribution < 1.29 is 23.6 Å². The molecule has 2 aliphatic heterocycles. The number of nitrogens with zero attached hydrogens (tertiary/aromatic N) is 2. The second-order valence-corrected chi connectivity index (χ2v) is 7.38. The molecule has 2 heterocycles. The van der Waals surface area contributed by atoms with Crippen LogP contribution in [0.15, 0.2) is 48.5 Å². The van der Waals surface area contributed by atoms with E-state index < -0.39 is 0 Å². The summed E-state index contributed by atoms with van der Waals surface area (Å²) in [4.78, 5) is 30.3. The Bertz CT molecular complexity index is 894. The zero-order chi connectivity index (χ0) is 20.4. The SMILES string of the molecule is CCOc1cccc(N2C(=O)C[C@@H]([NH+]3CCN(c4ccc(F)cc4)CC3)C2=O)c1. The summed E-state index contributed by atoms with van der Waals surface area (Å²) in [5, 5.41) is 0. The summed E-state index contributed by atoms with van der Waals surface area (Å²) in [5.74, 6) is 0.0897. The lowest BCUT2D eigenvalue weighted by atomic mass is 10.1.